The monoisotopic (exact) mass is 352 g/mol. The third-order valence-electron chi connectivity index (χ3n) is 4.04. The number of hydrogen-bond acceptors (Lipinski definition) is 3. The first-order valence-corrected chi connectivity index (χ1v) is 8.20. The number of nitrogens with one attached hydrogen (secondary N) is 1. The van der Waals surface area contributed by atoms with Crippen molar-refractivity contribution >= 4 is 27.7 Å². The lowest BCUT2D eigenvalue weighted by Crippen LogP contribution is -2.19. The van der Waals surface area contributed by atoms with Crippen molar-refractivity contribution in [2.45, 2.75) is 32.1 Å². The Balaban J connectivity index is 2.34. The molecule has 1 fully saturated rings. The molecule has 1 N–H and O–H groups in total. The van der Waals surface area contributed by atoms with E-state index in [0.29, 0.717) is 11.5 Å². The van der Waals surface area contributed by atoms with Crippen LogP contribution in [-0.4, -0.2) is 18.5 Å². The second-order valence-electron chi connectivity index (χ2n) is 5.54. The highest BCUT2D eigenvalue weighted by Crippen LogP contribution is 2.32. The smallest absolute Gasteiger partial charge is 0.277 e. The van der Waals surface area contributed by atoms with Crippen molar-refractivity contribution in [1.82, 2.24) is 5.32 Å². The first kappa shape index (κ1) is 16.2. The number of nitro groups is 1. The Morgan fingerprint density at radius 3 is 2.76 bits per heavy atom. The molecule has 2 rings (SSSR count). The lowest BCUT2D eigenvalue weighted by Gasteiger charge is -2.24. The zero-order valence-corrected chi connectivity index (χ0v) is 13.9. The van der Waals surface area contributed by atoms with Gasteiger partial charge in [0.2, 0.25) is 0 Å². The summed E-state index contributed by atoms with van der Waals surface area (Å²) in [5, 5.41) is 14.4. The summed E-state index contributed by atoms with van der Waals surface area (Å²) in [4.78, 5) is 10.9. The molecular weight excluding hydrogens is 332 g/mol. The second-order valence-corrected chi connectivity index (χ2v) is 6.46. The van der Waals surface area contributed by atoms with E-state index in [1.165, 1.54) is 37.7 Å². The van der Waals surface area contributed by atoms with Crippen molar-refractivity contribution in [2.24, 2.45) is 5.92 Å². The Labute approximate surface area is 133 Å². The van der Waals surface area contributed by atoms with Crippen LogP contribution in [0.15, 0.2) is 28.2 Å². The predicted molar refractivity (Wildman–Crippen MR) is 89.3 cm³/mol. The average molecular weight is 353 g/mol. The first-order valence-electron chi connectivity index (χ1n) is 7.41. The summed E-state index contributed by atoms with van der Waals surface area (Å²) in [6.45, 7) is 0.790. The molecule has 1 aromatic rings. The standard InChI is InChI=1S/C16H21BrN2O2/c1-18-11-14(12-5-3-2-4-6-12)9-13-7-8-15(17)10-16(13)19(20)21/h7-10,12,18H,2-6,11H2,1H3/b14-9-. The van der Waals surface area contributed by atoms with Crippen molar-refractivity contribution in [1.29, 1.82) is 0 Å². The summed E-state index contributed by atoms with van der Waals surface area (Å²) < 4.78 is 0.735. The van der Waals surface area contributed by atoms with E-state index >= 15 is 0 Å². The van der Waals surface area contributed by atoms with Gasteiger partial charge in [0.05, 0.1) is 10.5 Å². The minimum atomic E-state index is -0.311. The molecule has 0 radical (unpaired) electrons. The van der Waals surface area contributed by atoms with E-state index in [1.54, 1.807) is 6.07 Å². The zero-order chi connectivity index (χ0) is 15.2. The number of nitro benzene ring substituents is 1. The molecule has 5 heteroatoms. The average Bonchev–Trinajstić information content (AvgIpc) is 2.49. The number of rotatable bonds is 5. The molecule has 0 saturated heterocycles. The minimum absolute atomic E-state index is 0.161. The van der Waals surface area contributed by atoms with Gasteiger partial charge in [-0.15, -0.1) is 0 Å². The van der Waals surface area contributed by atoms with Crippen molar-refractivity contribution < 1.29 is 4.92 Å². The van der Waals surface area contributed by atoms with Crippen LogP contribution < -0.4 is 5.32 Å². The van der Waals surface area contributed by atoms with Crippen molar-refractivity contribution in [3.63, 3.8) is 0 Å². The van der Waals surface area contributed by atoms with E-state index in [1.807, 2.05) is 25.3 Å². The Kier molecular flexibility index (Phi) is 5.94. The largest absolute Gasteiger partial charge is 0.316 e. The normalized spacial score (nSPS) is 17.0. The topological polar surface area (TPSA) is 55.2 Å². The summed E-state index contributed by atoms with van der Waals surface area (Å²) in [5.41, 5.74) is 2.13. The second kappa shape index (κ2) is 7.71. The maximum Gasteiger partial charge on any atom is 0.277 e. The molecule has 1 aromatic carbocycles. The summed E-state index contributed by atoms with van der Waals surface area (Å²) in [6.07, 6.45) is 8.22. The van der Waals surface area contributed by atoms with Gasteiger partial charge in [-0.3, -0.25) is 10.1 Å². The predicted octanol–water partition coefficient (Wildman–Crippen LogP) is 4.54. The molecule has 1 saturated carbocycles. The third kappa shape index (κ3) is 4.38. The summed E-state index contributed by atoms with van der Waals surface area (Å²) in [5.74, 6) is 0.550. The molecule has 1 aliphatic carbocycles. The van der Waals surface area contributed by atoms with Gasteiger partial charge >= 0.3 is 0 Å². The Bertz CT molecular complexity index is 537. The molecule has 0 bridgehead atoms. The molecule has 114 valence electrons. The molecule has 0 spiro atoms. The van der Waals surface area contributed by atoms with E-state index in [9.17, 15) is 10.1 Å². The SMILES string of the molecule is CNC/C(=C/c1ccc(Br)cc1[N+](=O)[O-])C1CCCCC1. The van der Waals surface area contributed by atoms with E-state index in [4.69, 9.17) is 0 Å². The maximum absolute atomic E-state index is 11.2. The van der Waals surface area contributed by atoms with E-state index < -0.39 is 0 Å². The van der Waals surface area contributed by atoms with E-state index in [0.717, 1.165) is 11.0 Å². The fraction of sp³-hybridized carbons (Fsp3) is 0.500. The fourth-order valence-electron chi connectivity index (χ4n) is 2.99. The number of nitrogens with zero attached hydrogens (tertiary/aromatic N) is 1. The van der Waals surface area contributed by atoms with Gasteiger partial charge in [0.25, 0.3) is 5.69 Å². The molecular formula is C16H21BrN2O2. The van der Waals surface area contributed by atoms with Crippen molar-refractivity contribution in [3.8, 4) is 0 Å². The number of hydrogen-bond donors (Lipinski definition) is 1. The fourth-order valence-corrected chi connectivity index (χ4v) is 3.34. The van der Waals surface area contributed by atoms with Crippen LogP contribution in [0.25, 0.3) is 6.08 Å². The van der Waals surface area contributed by atoms with Crippen LogP contribution in [0, 0.1) is 16.0 Å². The quantitative estimate of drug-likeness (QED) is 0.625. The molecule has 0 aliphatic heterocycles. The van der Waals surface area contributed by atoms with Gasteiger partial charge in [0, 0.05) is 17.1 Å². The lowest BCUT2D eigenvalue weighted by atomic mass is 9.83. The van der Waals surface area contributed by atoms with Gasteiger partial charge in [0.15, 0.2) is 0 Å². The summed E-state index contributed by atoms with van der Waals surface area (Å²) in [6, 6.07) is 5.25. The lowest BCUT2D eigenvalue weighted by molar-refractivity contribution is -0.385. The highest BCUT2D eigenvalue weighted by molar-refractivity contribution is 9.10. The van der Waals surface area contributed by atoms with Crippen molar-refractivity contribution in [3.05, 3.63) is 43.9 Å². The van der Waals surface area contributed by atoms with Crippen LogP contribution in [0.1, 0.15) is 37.7 Å². The molecule has 1 aliphatic rings. The molecule has 0 heterocycles. The Morgan fingerprint density at radius 1 is 1.43 bits per heavy atom. The van der Waals surface area contributed by atoms with Gasteiger partial charge in [-0.1, -0.05) is 40.8 Å². The number of benzene rings is 1. The molecule has 0 unspecified atom stereocenters. The first-order chi connectivity index (χ1) is 10.1. The van der Waals surface area contributed by atoms with Gasteiger partial charge in [-0.05, 0) is 44.0 Å². The maximum atomic E-state index is 11.2. The van der Waals surface area contributed by atoms with Gasteiger partial charge < -0.3 is 5.32 Å². The number of halogens is 1. The summed E-state index contributed by atoms with van der Waals surface area (Å²) in [7, 11) is 1.92. The molecule has 21 heavy (non-hydrogen) atoms. The van der Waals surface area contributed by atoms with Crippen LogP contribution in [-0.2, 0) is 0 Å². The molecule has 0 atom stereocenters. The van der Waals surface area contributed by atoms with Crippen LogP contribution >= 0.6 is 15.9 Å². The van der Waals surface area contributed by atoms with Crippen LogP contribution in [0.4, 0.5) is 5.69 Å². The molecule has 0 aromatic heterocycles. The van der Waals surface area contributed by atoms with Crippen LogP contribution in [0.3, 0.4) is 0 Å². The highest BCUT2D eigenvalue weighted by Gasteiger charge is 2.19. The zero-order valence-electron chi connectivity index (χ0n) is 12.3. The Hall–Kier alpha value is -1.20. The van der Waals surface area contributed by atoms with Crippen LogP contribution in [0.2, 0.25) is 0 Å². The highest BCUT2D eigenvalue weighted by atomic mass is 79.9. The van der Waals surface area contributed by atoms with Gasteiger partial charge in [0.1, 0.15) is 0 Å². The molecule has 4 nitrogen and oxygen atoms in total. The van der Waals surface area contributed by atoms with Crippen molar-refractivity contribution in [2.75, 3.05) is 13.6 Å². The van der Waals surface area contributed by atoms with Gasteiger partial charge in [-0.25, -0.2) is 0 Å². The summed E-state index contributed by atoms with van der Waals surface area (Å²) >= 11 is 3.30. The minimum Gasteiger partial charge on any atom is -0.316 e. The Morgan fingerprint density at radius 2 is 2.14 bits per heavy atom. The third-order valence-corrected chi connectivity index (χ3v) is 4.53. The van der Waals surface area contributed by atoms with Crippen LogP contribution in [0.5, 0.6) is 0 Å². The van der Waals surface area contributed by atoms with E-state index in [2.05, 4.69) is 21.2 Å². The molecule has 0 amide bonds. The number of likely N-dealkylation sites (N-methyl/N-ethyl adjacent to an activating group) is 1. The van der Waals surface area contributed by atoms with E-state index in [-0.39, 0.29) is 10.6 Å². The van der Waals surface area contributed by atoms with Gasteiger partial charge in [-0.2, -0.15) is 0 Å².